The van der Waals surface area contributed by atoms with Gasteiger partial charge in [-0.2, -0.15) is 0 Å². The molecule has 0 saturated heterocycles. The van der Waals surface area contributed by atoms with Gasteiger partial charge in [0.1, 0.15) is 28.2 Å². The molecule has 0 saturated carbocycles. The zero-order chi connectivity index (χ0) is 17.3. The largest absolute Gasteiger partial charge is 0.508 e. The van der Waals surface area contributed by atoms with Crippen LogP contribution in [0.4, 0.5) is 0 Å². The van der Waals surface area contributed by atoms with Crippen LogP contribution < -0.4 is 10.2 Å². The number of aromatic hydroxyl groups is 3. The highest BCUT2D eigenvalue weighted by Gasteiger charge is 2.20. The van der Waals surface area contributed by atoms with E-state index in [-0.39, 0.29) is 39.7 Å². The van der Waals surface area contributed by atoms with Gasteiger partial charge in [-0.1, -0.05) is 6.92 Å². The number of hydrogen-bond acceptors (Lipinski definition) is 6. The van der Waals surface area contributed by atoms with E-state index in [0.29, 0.717) is 18.6 Å². The van der Waals surface area contributed by atoms with Crippen LogP contribution in [-0.2, 0) is 0 Å². The first kappa shape index (κ1) is 15.7. The Bertz CT molecular complexity index is 940. The minimum Gasteiger partial charge on any atom is -0.508 e. The third-order valence-corrected chi connectivity index (χ3v) is 3.50. The van der Waals surface area contributed by atoms with Crippen molar-refractivity contribution in [2.24, 2.45) is 0 Å². The molecule has 3 aromatic rings. The van der Waals surface area contributed by atoms with E-state index in [9.17, 15) is 20.1 Å². The minimum absolute atomic E-state index is 0.0176. The zero-order valence-corrected chi connectivity index (χ0v) is 12.9. The number of benzene rings is 2. The molecule has 0 aliphatic carbocycles. The standard InChI is InChI=1S/C18H16O6/c1-2-7-23-18-16(22)15-13(21)8-12(20)9-14(15)24-17(18)10-3-5-11(19)6-4-10/h3-6,8-9,19-21H,2,7H2,1H3. The van der Waals surface area contributed by atoms with Crippen LogP contribution in [0.15, 0.2) is 45.6 Å². The van der Waals surface area contributed by atoms with Gasteiger partial charge in [0.05, 0.1) is 6.61 Å². The third kappa shape index (κ3) is 2.74. The van der Waals surface area contributed by atoms with E-state index in [4.69, 9.17) is 9.15 Å². The fourth-order valence-electron chi connectivity index (χ4n) is 2.41. The fourth-order valence-corrected chi connectivity index (χ4v) is 2.41. The Kier molecular flexibility index (Phi) is 4.04. The molecule has 0 amide bonds. The Hall–Kier alpha value is -3.15. The summed E-state index contributed by atoms with van der Waals surface area (Å²) in [5.74, 6) is -0.366. The van der Waals surface area contributed by atoms with E-state index >= 15 is 0 Å². The molecular formula is C18H16O6. The highest BCUT2D eigenvalue weighted by atomic mass is 16.5. The van der Waals surface area contributed by atoms with E-state index < -0.39 is 5.43 Å². The average Bonchev–Trinajstić information content (AvgIpc) is 2.53. The molecule has 1 heterocycles. The Morgan fingerprint density at radius 3 is 2.42 bits per heavy atom. The molecule has 0 fully saturated rings. The van der Waals surface area contributed by atoms with Crippen LogP contribution >= 0.6 is 0 Å². The van der Waals surface area contributed by atoms with Crippen molar-refractivity contribution in [2.75, 3.05) is 6.61 Å². The number of fused-ring (bicyclic) bond motifs is 1. The van der Waals surface area contributed by atoms with Crippen molar-refractivity contribution >= 4 is 11.0 Å². The quantitative estimate of drug-likeness (QED) is 0.679. The molecule has 0 bridgehead atoms. The summed E-state index contributed by atoms with van der Waals surface area (Å²) in [6.45, 7) is 2.21. The van der Waals surface area contributed by atoms with Gasteiger partial charge in [-0.25, -0.2) is 0 Å². The maximum absolute atomic E-state index is 12.8. The average molecular weight is 328 g/mol. The maximum atomic E-state index is 12.8. The first-order chi connectivity index (χ1) is 11.5. The molecule has 0 aliphatic rings. The van der Waals surface area contributed by atoms with E-state index in [0.717, 1.165) is 6.07 Å². The van der Waals surface area contributed by atoms with Gasteiger partial charge in [-0.3, -0.25) is 4.79 Å². The highest BCUT2D eigenvalue weighted by molar-refractivity contribution is 5.88. The summed E-state index contributed by atoms with van der Waals surface area (Å²) in [6, 6.07) is 8.42. The molecular weight excluding hydrogens is 312 g/mol. The van der Waals surface area contributed by atoms with Crippen molar-refractivity contribution in [3.63, 3.8) is 0 Å². The maximum Gasteiger partial charge on any atom is 0.239 e. The van der Waals surface area contributed by atoms with Crippen LogP contribution in [0.3, 0.4) is 0 Å². The second kappa shape index (κ2) is 6.16. The number of phenolic OH excluding ortho intramolecular Hbond substituents is 3. The molecule has 0 unspecified atom stereocenters. The molecule has 0 atom stereocenters. The van der Waals surface area contributed by atoms with Gasteiger partial charge in [-0.15, -0.1) is 0 Å². The summed E-state index contributed by atoms with van der Waals surface area (Å²) in [7, 11) is 0. The van der Waals surface area contributed by atoms with E-state index in [1.54, 1.807) is 12.1 Å². The van der Waals surface area contributed by atoms with E-state index in [2.05, 4.69) is 0 Å². The first-order valence-corrected chi connectivity index (χ1v) is 7.46. The van der Waals surface area contributed by atoms with Crippen LogP contribution in [-0.4, -0.2) is 21.9 Å². The van der Waals surface area contributed by atoms with Crippen molar-refractivity contribution in [1.29, 1.82) is 0 Å². The topological polar surface area (TPSA) is 100 Å². The lowest BCUT2D eigenvalue weighted by Gasteiger charge is -2.12. The van der Waals surface area contributed by atoms with Gasteiger partial charge in [0.15, 0.2) is 5.76 Å². The van der Waals surface area contributed by atoms with Gasteiger partial charge in [0.25, 0.3) is 0 Å². The molecule has 3 rings (SSSR count). The molecule has 6 heteroatoms. The highest BCUT2D eigenvalue weighted by Crippen LogP contribution is 2.36. The summed E-state index contributed by atoms with van der Waals surface area (Å²) in [5.41, 5.74) is 0.0513. The lowest BCUT2D eigenvalue weighted by Crippen LogP contribution is -2.11. The Balaban J connectivity index is 2.33. The normalized spacial score (nSPS) is 10.9. The van der Waals surface area contributed by atoms with Crippen LogP contribution in [0.1, 0.15) is 13.3 Å². The van der Waals surface area contributed by atoms with Gasteiger partial charge in [-0.05, 0) is 30.7 Å². The SMILES string of the molecule is CCCOc1c(-c2ccc(O)cc2)oc2cc(O)cc(O)c2c1=O. The Morgan fingerprint density at radius 2 is 1.75 bits per heavy atom. The van der Waals surface area contributed by atoms with Crippen molar-refractivity contribution in [1.82, 2.24) is 0 Å². The smallest absolute Gasteiger partial charge is 0.239 e. The van der Waals surface area contributed by atoms with Gasteiger partial charge < -0.3 is 24.5 Å². The summed E-state index contributed by atoms with van der Waals surface area (Å²) < 4.78 is 11.3. The Morgan fingerprint density at radius 1 is 1.04 bits per heavy atom. The van der Waals surface area contributed by atoms with Crippen molar-refractivity contribution in [3.05, 3.63) is 46.6 Å². The van der Waals surface area contributed by atoms with Crippen molar-refractivity contribution in [2.45, 2.75) is 13.3 Å². The molecule has 3 N–H and O–H groups in total. The zero-order valence-electron chi connectivity index (χ0n) is 12.9. The molecule has 6 nitrogen and oxygen atoms in total. The summed E-state index contributed by atoms with van der Waals surface area (Å²) in [4.78, 5) is 12.8. The van der Waals surface area contributed by atoms with Crippen LogP contribution in [0.25, 0.3) is 22.3 Å². The number of phenols is 3. The first-order valence-electron chi connectivity index (χ1n) is 7.46. The number of hydrogen-bond donors (Lipinski definition) is 3. The van der Waals surface area contributed by atoms with Gasteiger partial charge in [0, 0.05) is 17.7 Å². The molecule has 124 valence electrons. The summed E-state index contributed by atoms with van der Waals surface area (Å²) in [5, 5.41) is 29.0. The summed E-state index contributed by atoms with van der Waals surface area (Å²) >= 11 is 0. The number of rotatable bonds is 4. The third-order valence-electron chi connectivity index (χ3n) is 3.50. The minimum atomic E-state index is -0.523. The molecule has 0 spiro atoms. The molecule has 0 radical (unpaired) electrons. The molecule has 1 aromatic heterocycles. The van der Waals surface area contributed by atoms with E-state index in [1.165, 1.54) is 18.2 Å². The van der Waals surface area contributed by atoms with Gasteiger partial charge in [0.2, 0.25) is 11.2 Å². The molecule has 0 aliphatic heterocycles. The van der Waals surface area contributed by atoms with Crippen molar-refractivity contribution in [3.8, 4) is 34.3 Å². The van der Waals surface area contributed by atoms with E-state index in [1.807, 2.05) is 6.92 Å². The molecule has 24 heavy (non-hydrogen) atoms. The fraction of sp³-hybridized carbons (Fsp3) is 0.167. The van der Waals surface area contributed by atoms with Crippen LogP contribution in [0.2, 0.25) is 0 Å². The van der Waals surface area contributed by atoms with Crippen molar-refractivity contribution < 1.29 is 24.5 Å². The second-order valence-corrected chi connectivity index (χ2v) is 5.32. The monoisotopic (exact) mass is 328 g/mol. The predicted molar refractivity (Wildman–Crippen MR) is 88.7 cm³/mol. The summed E-state index contributed by atoms with van der Waals surface area (Å²) in [6.07, 6.45) is 0.689. The lowest BCUT2D eigenvalue weighted by molar-refractivity contribution is 0.308. The number of ether oxygens (including phenoxy) is 1. The van der Waals surface area contributed by atoms with Gasteiger partial charge >= 0.3 is 0 Å². The Labute approximate surface area is 137 Å². The van der Waals surface area contributed by atoms with Crippen LogP contribution in [0.5, 0.6) is 23.0 Å². The predicted octanol–water partition coefficient (Wildman–Crippen LogP) is 3.37. The second-order valence-electron chi connectivity index (χ2n) is 5.32. The van der Waals surface area contributed by atoms with Crippen LogP contribution in [0, 0.1) is 0 Å². The lowest BCUT2D eigenvalue weighted by atomic mass is 10.1. The molecule has 2 aromatic carbocycles.